The van der Waals surface area contributed by atoms with E-state index in [1.807, 2.05) is 12.1 Å². The lowest BCUT2D eigenvalue weighted by molar-refractivity contribution is 0.238. The Morgan fingerprint density at radius 3 is 2.50 bits per heavy atom. The monoisotopic (exact) mass is 296 g/mol. The molecule has 1 N–H and O–H groups in total. The molecule has 3 rings (SSSR count). The van der Waals surface area contributed by atoms with Gasteiger partial charge in [0, 0.05) is 17.9 Å². The van der Waals surface area contributed by atoms with E-state index in [2.05, 4.69) is 53.5 Å². The highest BCUT2D eigenvalue weighted by molar-refractivity contribution is 5.60. The number of hydrogen-bond donors (Lipinski definition) is 1. The molecule has 1 saturated heterocycles. The van der Waals surface area contributed by atoms with Crippen LogP contribution in [0, 0.1) is 6.92 Å². The summed E-state index contributed by atoms with van der Waals surface area (Å²) >= 11 is 0. The molecule has 0 radical (unpaired) electrons. The van der Waals surface area contributed by atoms with E-state index in [0.717, 1.165) is 30.3 Å². The van der Waals surface area contributed by atoms with Crippen molar-refractivity contribution in [1.29, 1.82) is 0 Å². The Hall–Kier alpha value is -2.00. The minimum absolute atomic E-state index is 0.769. The fraction of sp³-hybridized carbons (Fsp3) is 0.368. The third kappa shape index (κ3) is 4.25. The maximum absolute atomic E-state index is 5.82. The molecule has 0 atom stereocenters. The predicted molar refractivity (Wildman–Crippen MR) is 92.1 cm³/mol. The summed E-state index contributed by atoms with van der Waals surface area (Å²) in [6.07, 6.45) is 2.67. The largest absolute Gasteiger partial charge is 0.492 e. The standard InChI is InChI=1S/C19H24N2O/c1-16-5-4-6-18(15-16)20-17-7-9-19(10-8-17)22-14-13-21-11-2-3-12-21/h4-10,15,20H,2-3,11-14H2,1H3. The van der Waals surface area contributed by atoms with Gasteiger partial charge in [-0.05, 0) is 74.8 Å². The molecule has 3 heteroatoms. The van der Waals surface area contributed by atoms with Gasteiger partial charge in [-0.2, -0.15) is 0 Å². The van der Waals surface area contributed by atoms with Gasteiger partial charge in [-0.3, -0.25) is 4.90 Å². The van der Waals surface area contributed by atoms with E-state index < -0.39 is 0 Å². The Labute approximate surface area is 132 Å². The number of ether oxygens (including phenoxy) is 1. The molecule has 1 heterocycles. The molecule has 0 amide bonds. The van der Waals surface area contributed by atoms with Gasteiger partial charge in [-0.25, -0.2) is 0 Å². The van der Waals surface area contributed by atoms with Crippen LogP contribution in [-0.4, -0.2) is 31.1 Å². The normalized spacial score (nSPS) is 15.0. The van der Waals surface area contributed by atoms with E-state index in [1.54, 1.807) is 0 Å². The van der Waals surface area contributed by atoms with Gasteiger partial charge in [-0.15, -0.1) is 0 Å². The van der Waals surface area contributed by atoms with Crippen molar-refractivity contribution >= 4 is 11.4 Å². The molecule has 116 valence electrons. The molecule has 0 bridgehead atoms. The van der Waals surface area contributed by atoms with Crippen LogP contribution in [0.2, 0.25) is 0 Å². The van der Waals surface area contributed by atoms with Crippen molar-refractivity contribution in [3.05, 3.63) is 54.1 Å². The molecule has 2 aromatic rings. The second kappa shape index (κ2) is 7.32. The summed E-state index contributed by atoms with van der Waals surface area (Å²) in [7, 11) is 0. The minimum atomic E-state index is 0.769. The summed E-state index contributed by atoms with van der Waals surface area (Å²) < 4.78 is 5.82. The van der Waals surface area contributed by atoms with Gasteiger partial charge >= 0.3 is 0 Å². The first-order valence-corrected chi connectivity index (χ1v) is 8.08. The third-order valence-corrected chi connectivity index (χ3v) is 4.04. The number of anilines is 2. The Kier molecular flexibility index (Phi) is 4.96. The number of nitrogens with zero attached hydrogens (tertiary/aromatic N) is 1. The van der Waals surface area contributed by atoms with E-state index >= 15 is 0 Å². The van der Waals surface area contributed by atoms with Crippen LogP contribution in [0.25, 0.3) is 0 Å². The number of nitrogens with one attached hydrogen (secondary N) is 1. The maximum Gasteiger partial charge on any atom is 0.119 e. The Bertz CT molecular complexity index is 589. The van der Waals surface area contributed by atoms with Crippen molar-refractivity contribution in [3.8, 4) is 5.75 Å². The highest BCUT2D eigenvalue weighted by Gasteiger charge is 2.10. The lowest BCUT2D eigenvalue weighted by Gasteiger charge is -2.15. The summed E-state index contributed by atoms with van der Waals surface area (Å²) in [6.45, 7) is 6.35. The van der Waals surface area contributed by atoms with Gasteiger partial charge in [-0.1, -0.05) is 12.1 Å². The highest BCUT2D eigenvalue weighted by atomic mass is 16.5. The van der Waals surface area contributed by atoms with Crippen LogP contribution in [-0.2, 0) is 0 Å². The van der Waals surface area contributed by atoms with Gasteiger partial charge in [0.1, 0.15) is 12.4 Å². The molecule has 1 aliphatic heterocycles. The van der Waals surface area contributed by atoms with E-state index in [1.165, 1.54) is 31.5 Å². The first-order valence-electron chi connectivity index (χ1n) is 8.08. The van der Waals surface area contributed by atoms with Gasteiger partial charge < -0.3 is 10.1 Å². The maximum atomic E-state index is 5.82. The molecule has 0 saturated carbocycles. The van der Waals surface area contributed by atoms with Crippen LogP contribution < -0.4 is 10.1 Å². The summed E-state index contributed by atoms with van der Waals surface area (Å²) in [5, 5.41) is 3.41. The van der Waals surface area contributed by atoms with Gasteiger partial charge in [0.2, 0.25) is 0 Å². The van der Waals surface area contributed by atoms with Gasteiger partial charge in [0.05, 0.1) is 0 Å². The second-order valence-electron chi connectivity index (χ2n) is 5.92. The Balaban J connectivity index is 1.49. The lowest BCUT2D eigenvalue weighted by Crippen LogP contribution is -2.25. The van der Waals surface area contributed by atoms with Crippen LogP contribution in [0.15, 0.2) is 48.5 Å². The molecule has 0 spiro atoms. The van der Waals surface area contributed by atoms with E-state index in [4.69, 9.17) is 4.74 Å². The topological polar surface area (TPSA) is 24.5 Å². The predicted octanol–water partition coefficient (Wildman–Crippen LogP) is 4.21. The van der Waals surface area contributed by atoms with E-state index in [9.17, 15) is 0 Å². The summed E-state index contributed by atoms with van der Waals surface area (Å²) in [5.74, 6) is 0.939. The number of likely N-dealkylation sites (tertiary alicyclic amines) is 1. The second-order valence-corrected chi connectivity index (χ2v) is 5.92. The molecule has 3 nitrogen and oxygen atoms in total. The van der Waals surface area contributed by atoms with Gasteiger partial charge in [0.25, 0.3) is 0 Å². The van der Waals surface area contributed by atoms with E-state index in [0.29, 0.717) is 0 Å². The quantitative estimate of drug-likeness (QED) is 0.864. The zero-order valence-corrected chi connectivity index (χ0v) is 13.2. The zero-order valence-electron chi connectivity index (χ0n) is 13.2. The molecule has 22 heavy (non-hydrogen) atoms. The highest BCUT2D eigenvalue weighted by Crippen LogP contribution is 2.20. The number of aryl methyl sites for hydroxylation is 1. The van der Waals surface area contributed by atoms with Crippen molar-refractivity contribution in [2.24, 2.45) is 0 Å². The smallest absolute Gasteiger partial charge is 0.119 e. The van der Waals surface area contributed by atoms with Crippen molar-refractivity contribution in [1.82, 2.24) is 4.90 Å². The number of rotatable bonds is 6. The van der Waals surface area contributed by atoms with Crippen molar-refractivity contribution in [2.45, 2.75) is 19.8 Å². The van der Waals surface area contributed by atoms with Crippen LogP contribution in [0.1, 0.15) is 18.4 Å². The molecule has 0 aliphatic carbocycles. The average Bonchev–Trinajstić information content (AvgIpc) is 3.02. The SMILES string of the molecule is Cc1cccc(Nc2ccc(OCCN3CCCC3)cc2)c1. The first-order chi connectivity index (χ1) is 10.8. The van der Waals surface area contributed by atoms with Crippen molar-refractivity contribution < 1.29 is 4.74 Å². The summed E-state index contributed by atoms with van der Waals surface area (Å²) in [4.78, 5) is 2.47. The number of benzene rings is 2. The molecular formula is C19H24N2O. The third-order valence-electron chi connectivity index (χ3n) is 4.04. The van der Waals surface area contributed by atoms with Gasteiger partial charge in [0.15, 0.2) is 0 Å². The molecule has 2 aromatic carbocycles. The van der Waals surface area contributed by atoms with Crippen molar-refractivity contribution in [3.63, 3.8) is 0 Å². The zero-order chi connectivity index (χ0) is 15.2. The fourth-order valence-electron chi connectivity index (χ4n) is 2.82. The summed E-state index contributed by atoms with van der Waals surface area (Å²) in [6, 6.07) is 16.6. The van der Waals surface area contributed by atoms with E-state index in [-0.39, 0.29) is 0 Å². The first kappa shape index (κ1) is 14.9. The average molecular weight is 296 g/mol. The molecular weight excluding hydrogens is 272 g/mol. The van der Waals surface area contributed by atoms with Crippen LogP contribution in [0.3, 0.4) is 0 Å². The lowest BCUT2D eigenvalue weighted by atomic mass is 10.2. The molecule has 1 fully saturated rings. The Morgan fingerprint density at radius 1 is 1.00 bits per heavy atom. The number of hydrogen-bond acceptors (Lipinski definition) is 3. The molecule has 0 aromatic heterocycles. The molecule has 0 unspecified atom stereocenters. The summed E-state index contributed by atoms with van der Waals surface area (Å²) in [5.41, 5.74) is 3.45. The fourth-order valence-corrected chi connectivity index (χ4v) is 2.82. The van der Waals surface area contributed by atoms with Crippen molar-refractivity contribution in [2.75, 3.05) is 31.6 Å². The van der Waals surface area contributed by atoms with Crippen LogP contribution >= 0.6 is 0 Å². The minimum Gasteiger partial charge on any atom is -0.492 e. The van der Waals surface area contributed by atoms with Crippen LogP contribution in [0.4, 0.5) is 11.4 Å². The van der Waals surface area contributed by atoms with Crippen LogP contribution in [0.5, 0.6) is 5.75 Å². The Morgan fingerprint density at radius 2 is 1.77 bits per heavy atom. The molecule has 1 aliphatic rings.